The number of hydrogen-bond acceptors (Lipinski definition) is 3. The van der Waals surface area contributed by atoms with Gasteiger partial charge in [0.2, 0.25) is 5.91 Å². The van der Waals surface area contributed by atoms with E-state index in [-0.39, 0.29) is 18.3 Å². The molecule has 1 aromatic rings. The van der Waals surface area contributed by atoms with E-state index in [2.05, 4.69) is 16.3 Å². The van der Waals surface area contributed by atoms with E-state index in [0.29, 0.717) is 19.1 Å². The van der Waals surface area contributed by atoms with Gasteiger partial charge < -0.3 is 11.1 Å². The first-order chi connectivity index (χ1) is 10.1. The molecular weight excluding hydrogens is 298 g/mol. The van der Waals surface area contributed by atoms with Gasteiger partial charge >= 0.3 is 0 Å². The third-order valence-electron chi connectivity index (χ3n) is 4.26. The van der Waals surface area contributed by atoms with Crippen molar-refractivity contribution in [2.75, 3.05) is 25.0 Å². The highest BCUT2D eigenvalue weighted by molar-refractivity contribution is 5.93. The van der Waals surface area contributed by atoms with Crippen LogP contribution in [0.4, 0.5) is 5.69 Å². The fourth-order valence-electron chi connectivity index (χ4n) is 3.03. The molecule has 0 aliphatic carbocycles. The molecule has 124 valence electrons. The van der Waals surface area contributed by atoms with E-state index in [0.717, 1.165) is 36.2 Å². The molecule has 22 heavy (non-hydrogen) atoms. The smallest absolute Gasteiger partial charge is 0.238 e. The zero-order chi connectivity index (χ0) is 15.2. The fourth-order valence-corrected chi connectivity index (χ4v) is 3.03. The van der Waals surface area contributed by atoms with Crippen LogP contribution >= 0.6 is 12.4 Å². The Hall–Kier alpha value is -1.10. The summed E-state index contributed by atoms with van der Waals surface area (Å²) in [6, 6.07) is 6.60. The van der Waals surface area contributed by atoms with Gasteiger partial charge in [0, 0.05) is 11.7 Å². The van der Waals surface area contributed by atoms with E-state index >= 15 is 0 Å². The van der Waals surface area contributed by atoms with Crippen LogP contribution in [0.2, 0.25) is 0 Å². The lowest BCUT2D eigenvalue weighted by atomic mass is 9.99. The molecule has 1 saturated heterocycles. The number of nitrogens with zero attached hydrogens (tertiary/aromatic N) is 1. The largest absolute Gasteiger partial charge is 0.330 e. The second-order valence-corrected chi connectivity index (χ2v) is 6.06. The SMILES string of the molecule is Cc1ccc(C)c(NC(=O)CN2CCCCC2CCN)c1.Cl. The maximum absolute atomic E-state index is 12.3. The molecule has 1 aliphatic rings. The van der Waals surface area contributed by atoms with Gasteiger partial charge in [-0.3, -0.25) is 9.69 Å². The van der Waals surface area contributed by atoms with Crippen LogP contribution in [-0.2, 0) is 4.79 Å². The number of nitrogens with two attached hydrogens (primary N) is 1. The molecule has 1 aromatic carbocycles. The van der Waals surface area contributed by atoms with E-state index in [1.807, 2.05) is 26.0 Å². The maximum atomic E-state index is 12.3. The second-order valence-electron chi connectivity index (χ2n) is 6.06. The molecule has 0 aromatic heterocycles. The van der Waals surface area contributed by atoms with Crippen molar-refractivity contribution in [2.45, 2.75) is 45.6 Å². The normalized spacial score (nSPS) is 18.6. The highest BCUT2D eigenvalue weighted by atomic mass is 35.5. The Labute approximate surface area is 139 Å². The Balaban J connectivity index is 0.00000242. The summed E-state index contributed by atoms with van der Waals surface area (Å²) in [5.41, 5.74) is 8.87. The Kier molecular flexibility index (Phi) is 7.87. The molecule has 1 fully saturated rings. The molecule has 1 atom stereocenters. The zero-order valence-electron chi connectivity index (χ0n) is 13.6. The first-order valence-corrected chi connectivity index (χ1v) is 7.91. The lowest BCUT2D eigenvalue weighted by molar-refractivity contribution is -0.118. The Morgan fingerprint density at radius 2 is 2.14 bits per heavy atom. The summed E-state index contributed by atoms with van der Waals surface area (Å²) < 4.78 is 0. The van der Waals surface area contributed by atoms with Gasteiger partial charge in [-0.25, -0.2) is 0 Å². The average molecular weight is 326 g/mol. The number of halogens is 1. The predicted molar refractivity (Wildman–Crippen MR) is 94.7 cm³/mol. The quantitative estimate of drug-likeness (QED) is 0.875. The van der Waals surface area contributed by atoms with Crippen molar-refractivity contribution in [1.29, 1.82) is 0 Å². The third kappa shape index (κ3) is 5.27. The summed E-state index contributed by atoms with van der Waals surface area (Å²) >= 11 is 0. The molecular formula is C17H28ClN3O. The Bertz CT molecular complexity index is 491. The van der Waals surface area contributed by atoms with Crippen LogP contribution in [0.15, 0.2) is 18.2 Å². The minimum atomic E-state index is 0. The van der Waals surface area contributed by atoms with Crippen LogP contribution < -0.4 is 11.1 Å². The van der Waals surface area contributed by atoms with Gasteiger partial charge in [-0.15, -0.1) is 12.4 Å². The van der Waals surface area contributed by atoms with Crippen molar-refractivity contribution in [3.8, 4) is 0 Å². The fraction of sp³-hybridized carbons (Fsp3) is 0.588. The van der Waals surface area contributed by atoms with Gasteiger partial charge in [0.15, 0.2) is 0 Å². The maximum Gasteiger partial charge on any atom is 0.238 e. The summed E-state index contributed by atoms with van der Waals surface area (Å²) in [7, 11) is 0. The molecule has 0 saturated carbocycles. The minimum Gasteiger partial charge on any atom is -0.330 e. The third-order valence-corrected chi connectivity index (χ3v) is 4.26. The molecule has 2 rings (SSSR count). The number of aryl methyl sites for hydroxylation is 2. The number of benzene rings is 1. The lowest BCUT2D eigenvalue weighted by Gasteiger charge is -2.35. The molecule has 3 N–H and O–H groups in total. The molecule has 1 unspecified atom stereocenters. The number of hydrogen-bond donors (Lipinski definition) is 2. The van der Waals surface area contributed by atoms with E-state index in [1.165, 1.54) is 12.8 Å². The molecule has 5 heteroatoms. The molecule has 1 heterocycles. The van der Waals surface area contributed by atoms with Crippen molar-refractivity contribution in [1.82, 2.24) is 4.90 Å². The monoisotopic (exact) mass is 325 g/mol. The standard InChI is InChI=1S/C17H27N3O.ClH/c1-13-6-7-14(2)16(11-13)19-17(21)12-20-10-4-3-5-15(20)8-9-18;/h6-7,11,15H,3-5,8-10,12,18H2,1-2H3,(H,19,21);1H. The van der Waals surface area contributed by atoms with Gasteiger partial charge in [0.25, 0.3) is 0 Å². The molecule has 0 bridgehead atoms. The highest BCUT2D eigenvalue weighted by Crippen LogP contribution is 2.20. The van der Waals surface area contributed by atoms with E-state index < -0.39 is 0 Å². The van der Waals surface area contributed by atoms with Crippen molar-refractivity contribution in [3.63, 3.8) is 0 Å². The number of carbonyl (C=O) groups is 1. The van der Waals surface area contributed by atoms with Crippen LogP contribution in [0.3, 0.4) is 0 Å². The first kappa shape index (κ1) is 18.9. The molecule has 0 spiro atoms. The molecule has 1 aliphatic heterocycles. The predicted octanol–water partition coefficient (Wildman–Crippen LogP) is 2.87. The minimum absolute atomic E-state index is 0. The number of likely N-dealkylation sites (tertiary alicyclic amines) is 1. The molecule has 0 radical (unpaired) electrons. The van der Waals surface area contributed by atoms with Crippen LogP contribution in [-0.4, -0.2) is 36.5 Å². The summed E-state index contributed by atoms with van der Waals surface area (Å²) in [6.45, 7) is 6.23. The van der Waals surface area contributed by atoms with E-state index in [1.54, 1.807) is 0 Å². The van der Waals surface area contributed by atoms with Crippen LogP contribution in [0.25, 0.3) is 0 Å². The Morgan fingerprint density at radius 3 is 2.86 bits per heavy atom. The van der Waals surface area contributed by atoms with E-state index in [4.69, 9.17) is 5.73 Å². The molecule has 4 nitrogen and oxygen atoms in total. The van der Waals surface area contributed by atoms with E-state index in [9.17, 15) is 4.79 Å². The second kappa shape index (κ2) is 9.13. The summed E-state index contributed by atoms with van der Waals surface area (Å²) in [5.74, 6) is 0.0765. The van der Waals surface area contributed by atoms with Crippen molar-refractivity contribution in [3.05, 3.63) is 29.3 Å². The van der Waals surface area contributed by atoms with Gasteiger partial charge in [-0.05, 0) is 63.4 Å². The number of rotatable bonds is 5. The van der Waals surface area contributed by atoms with Gasteiger partial charge in [-0.2, -0.15) is 0 Å². The van der Waals surface area contributed by atoms with Crippen molar-refractivity contribution >= 4 is 24.0 Å². The van der Waals surface area contributed by atoms with Gasteiger partial charge in [0.1, 0.15) is 0 Å². The van der Waals surface area contributed by atoms with Crippen LogP contribution in [0.1, 0.15) is 36.8 Å². The van der Waals surface area contributed by atoms with Crippen LogP contribution in [0.5, 0.6) is 0 Å². The number of amides is 1. The number of piperidine rings is 1. The number of nitrogens with one attached hydrogen (secondary N) is 1. The van der Waals surface area contributed by atoms with Gasteiger partial charge in [0.05, 0.1) is 6.54 Å². The lowest BCUT2D eigenvalue weighted by Crippen LogP contribution is -2.44. The molecule has 1 amide bonds. The highest BCUT2D eigenvalue weighted by Gasteiger charge is 2.23. The number of carbonyl (C=O) groups excluding carboxylic acids is 1. The van der Waals surface area contributed by atoms with Crippen LogP contribution in [0, 0.1) is 13.8 Å². The summed E-state index contributed by atoms with van der Waals surface area (Å²) in [5, 5.41) is 3.05. The number of anilines is 1. The first-order valence-electron chi connectivity index (χ1n) is 7.91. The zero-order valence-corrected chi connectivity index (χ0v) is 14.4. The summed E-state index contributed by atoms with van der Waals surface area (Å²) in [4.78, 5) is 14.6. The van der Waals surface area contributed by atoms with Crippen molar-refractivity contribution in [2.24, 2.45) is 5.73 Å². The average Bonchev–Trinajstić information content (AvgIpc) is 2.45. The van der Waals surface area contributed by atoms with Crippen molar-refractivity contribution < 1.29 is 4.79 Å². The summed E-state index contributed by atoms with van der Waals surface area (Å²) in [6.07, 6.45) is 4.57. The Morgan fingerprint density at radius 1 is 1.36 bits per heavy atom. The topological polar surface area (TPSA) is 58.4 Å². The van der Waals surface area contributed by atoms with Gasteiger partial charge in [-0.1, -0.05) is 18.6 Å².